The van der Waals surface area contributed by atoms with E-state index >= 15 is 0 Å². The maximum Gasteiger partial charge on any atom is 0.256 e. The molecular formula is C21H29NO6. The van der Waals surface area contributed by atoms with Gasteiger partial charge in [-0.2, -0.15) is 0 Å². The fraction of sp³-hybridized carbons (Fsp3) is 0.667. The van der Waals surface area contributed by atoms with Gasteiger partial charge in [0.15, 0.2) is 24.0 Å². The van der Waals surface area contributed by atoms with Gasteiger partial charge in [0.2, 0.25) is 0 Å². The van der Waals surface area contributed by atoms with Crippen molar-refractivity contribution in [2.45, 2.75) is 89.7 Å². The molecule has 0 aromatic heterocycles. The van der Waals surface area contributed by atoms with Gasteiger partial charge in [0.25, 0.3) is 5.91 Å². The predicted molar refractivity (Wildman–Crippen MR) is 102 cm³/mol. The summed E-state index contributed by atoms with van der Waals surface area (Å²) in [7, 11) is 0. The number of amides is 1. The normalized spacial score (nSPS) is 35.5. The zero-order valence-corrected chi connectivity index (χ0v) is 17.2. The van der Waals surface area contributed by atoms with Crippen molar-refractivity contribution >= 4 is 11.6 Å². The van der Waals surface area contributed by atoms with Crippen molar-refractivity contribution in [2.75, 3.05) is 5.32 Å². The van der Waals surface area contributed by atoms with Crippen LogP contribution >= 0.6 is 0 Å². The first-order chi connectivity index (χ1) is 13.0. The third-order valence-electron chi connectivity index (χ3n) is 5.26. The molecule has 154 valence electrons. The molecule has 1 aromatic carbocycles. The first kappa shape index (κ1) is 19.8. The molecule has 3 fully saturated rings. The topological polar surface area (TPSA) is 75.3 Å². The third kappa shape index (κ3) is 3.69. The van der Waals surface area contributed by atoms with E-state index in [2.05, 4.69) is 19.2 Å². The van der Waals surface area contributed by atoms with E-state index in [-0.39, 0.29) is 5.91 Å². The first-order valence-electron chi connectivity index (χ1n) is 9.82. The average molecular weight is 391 g/mol. The molecule has 0 spiro atoms. The number of carbonyl (C=O) groups excluding carboxylic acids is 1. The van der Waals surface area contributed by atoms with Crippen LogP contribution in [0.15, 0.2) is 24.3 Å². The summed E-state index contributed by atoms with van der Waals surface area (Å²) in [6.45, 7) is 11.5. The summed E-state index contributed by atoms with van der Waals surface area (Å²) in [6.07, 6.45) is -3.03. The summed E-state index contributed by atoms with van der Waals surface area (Å²) < 4.78 is 29.8. The molecule has 0 unspecified atom stereocenters. The van der Waals surface area contributed by atoms with Crippen LogP contribution in [0.1, 0.15) is 53.0 Å². The highest BCUT2D eigenvalue weighted by Crippen LogP contribution is 2.44. The second-order valence-electron chi connectivity index (χ2n) is 8.86. The molecule has 5 atom stereocenters. The summed E-state index contributed by atoms with van der Waals surface area (Å²) in [4.78, 5) is 13.0. The minimum absolute atomic E-state index is 0.291. The zero-order chi connectivity index (χ0) is 20.3. The average Bonchev–Trinajstić information content (AvgIpc) is 3.08. The van der Waals surface area contributed by atoms with Crippen LogP contribution in [0.2, 0.25) is 0 Å². The number of carbonyl (C=O) groups is 1. The van der Waals surface area contributed by atoms with E-state index in [1.807, 2.05) is 52.0 Å². The van der Waals surface area contributed by atoms with Gasteiger partial charge in [-0.25, -0.2) is 0 Å². The van der Waals surface area contributed by atoms with Gasteiger partial charge >= 0.3 is 0 Å². The molecule has 0 saturated carbocycles. The highest BCUT2D eigenvalue weighted by Gasteiger charge is 2.62. The molecule has 7 heteroatoms. The smallest absolute Gasteiger partial charge is 0.256 e. The van der Waals surface area contributed by atoms with Gasteiger partial charge in [0.1, 0.15) is 18.3 Å². The van der Waals surface area contributed by atoms with Gasteiger partial charge in [-0.15, -0.1) is 0 Å². The number of rotatable bonds is 3. The van der Waals surface area contributed by atoms with Crippen LogP contribution in [0.25, 0.3) is 0 Å². The van der Waals surface area contributed by atoms with Gasteiger partial charge in [0.05, 0.1) is 0 Å². The molecule has 3 heterocycles. The Morgan fingerprint density at radius 1 is 0.893 bits per heavy atom. The maximum atomic E-state index is 13.0. The Balaban J connectivity index is 1.53. The quantitative estimate of drug-likeness (QED) is 0.853. The van der Waals surface area contributed by atoms with Crippen molar-refractivity contribution in [3.05, 3.63) is 29.8 Å². The monoisotopic (exact) mass is 391 g/mol. The van der Waals surface area contributed by atoms with Crippen LogP contribution in [0.3, 0.4) is 0 Å². The Morgan fingerprint density at radius 2 is 1.46 bits per heavy atom. The highest BCUT2D eigenvalue weighted by molar-refractivity contribution is 5.94. The number of benzene rings is 1. The molecule has 1 N–H and O–H groups in total. The Hall–Kier alpha value is -1.51. The predicted octanol–water partition coefficient (Wildman–Crippen LogP) is 3.15. The molecule has 0 radical (unpaired) electrons. The van der Waals surface area contributed by atoms with Gasteiger partial charge in [-0.1, -0.05) is 26.0 Å². The van der Waals surface area contributed by atoms with Crippen LogP contribution in [-0.4, -0.2) is 48.2 Å². The lowest BCUT2D eigenvalue weighted by atomic mass is 9.98. The Labute approximate surface area is 165 Å². The van der Waals surface area contributed by atoms with Crippen molar-refractivity contribution in [3.63, 3.8) is 0 Å². The van der Waals surface area contributed by atoms with Crippen LogP contribution in [0, 0.1) is 0 Å². The molecule has 3 aliphatic rings. The van der Waals surface area contributed by atoms with Crippen molar-refractivity contribution < 1.29 is 28.5 Å². The van der Waals surface area contributed by atoms with Gasteiger partial charge in [0, 0.05) is 5.69 Å². The minimum Gasteiger partial charge on any atom is -0.342 e. The molecule has 4 rings (SSSR count). The number of fused-ring (bicyclic) bond motifs is 3. The second-order valence-corrected chi connectivity index (χ2v) is 8.86. The van der Waals surface area contributed by atoms with Crippen LogP contribution in [0.5, 0.6) is 0 Å². The van der Waals surface area contributed by atoms with Gasteiger partial charge < -0.3 is 29.0 Å². The van der Waals surface area contributed by atoms with E-state index in [1.165, 1.54) is 5.56 Å². The van der Waals surface area contributed by atoms with Crippen molar-refractivity contribution in [1.29, 1.82) is 0 Å². The number of hydrogen-bond donors (Lipinski definition) is 1. The Bertz CT molecular complexity index is 744. The van der Waals surface area contributed by atoms with E-state index < -0.39 is 42.3 Å². The van der Waals surface area contributed by atoms with Gasteiger partial charge in [-0.05, 0) is 51.3 Å². The summed E-state index contributed by atoms with van der Waals surface area (Å²) >= 11 is 0. The van der Waals surface area contributed by atoms with Crippen LogP contribution in [-0.2, 0) is 28.5 Å². The van der Waals surface area contributed by atoms with Gasteiger partial charge in [-0.3, -0.25) is 4.79 Å². The standard InChI is InChI=1S/C21H29NO6/c1-11(2)12-7-9-13(10-8-12)22-18(23)16-14-15(26-20(3,4)25-14)17-19(24-16)28-21(5,6)27-17/h7-11,14-17,19H,1-6H3,(H,22,23)/t14-,15-,16-,17-,19-/m1/s1. The maximum absolute atomic E-state index is 13.0. The van der Waals surface area contributed by atoms with E-state index in [9.17, 15) is 4.79 Å². The lowest BCUT2D eigenvalue weighted by molar-refractivity contribution is -0.229. The molecule has 3 aliphatic heterocycles. The Morgan fingerprint density at radius 3 is 2.11 bits per heavy atom. The molecule has 0 aliphatic carbocycles. The first-order valence-corrected chi connectivity index (χ1v) is 9.82. The minimum atomic E-state index is -0.865. The summed E-state index contributed by atoms with van der Waals surface area (Å²) in [5, 5.41) is 2.92. The summed E-state index contributed by atoms with van der Waals surface area (Å²) in [5.74, 6) is -1.51. The SMILES string of the molecule is CC(C)c1ccc(NC(=O)[C@@H]2O[C@@H]3OC(C)(C)O[C@@H]3[C@@H]3OC(C)(C)O[C@H]32)cc1. The van der Waals surface area contributed by atoms with Crippen LogP contribution < -0.4 is 5.32 Å². The number of anilines is 1. The van der Waals surface area contributed by atoms with Crippen LogP contribution in [0.4, 0.5) is 5.69 Å². The number of ether oxygens (including phenoxy) is 5. The molecule has 3 saturated heterocycles. The highest BCUT2D eigenvalue weighted by atomic mass is 16.9. The lowest BCUT2D eigenvalue weighted by Gasteiger charge is -2.36. The zero-order valence-electron chi connectivity index (χ0n) is 17.2. The fourth-order valence-corrected chi connectivity index (χ4v) is 3.99. The van der Waals surface area contributed by atoms with Crippen molar-refractivity contribution in [2.24, 2.45) is 0 Å². The lowest BCUT2D eigenvalue weighted by Crippen LogP contribution is -2.58. The van der Waals surface area contributed by atoms with Crippen molar-refractivity contribution in [1.82, 2.24) is 0 Å². The molecule has 7 nitrogen and oxygen atoms in total. The van der Waals surface area contributed by atoms with E-state index in [4.69, 9.17) is 23.7 Å². The number of nitrogens with one attached hydrogen (secondary N) is 1. The summed E-state index contributed by atoms with van der Waals surface area (Å²) in [5.41, 5.74) is 1.92. The number of hydrogen-bond acceptors (Lipinski definition) is 6. The summed E-state index contributed by atoms with van der Waals surface area (Å²) in [6, 6.07) is 7.81. The largest absolute Gasteiger partial charge is 0.342 e. The molecular weight excluding hydrogens is 362 g/mol. The second kappa shape index (κ2) is 6.78. The van der Waals surface area contributed by atoms with E-state index in [1.54, 1.807) is 0 Å². The fourth-order valence-electron chi connectivity index (χ4n) is 3.99. The molecule has 1 aromatic rings. The van der Waals surface area contributed by atoms with Crippen molar-refractivity contribution in [3.8, 4) is 0 Å². The molecule has 28 heavy (non-hydrogen) atoms. The molecule has 0 bridgehead atoms. The van der Waals surface area contributed by atoms with E-state index in [0.717, 1.165) is 0 Å². The molecule has 1 amide bonds. The van der Waals surface area contributed by atoms with E-state index in [0.29, 0.717) is 11.6 Å². The third-order valence-corrected chi connectivity index (χ3v) is 5.26. The Kier molecular flexibility index (Phi) is 4.79.